The molecule has 0 unspecified atom stereocenters. The van der Waals surface area contributed by atoms with Crippen LogP contribution in [0.5, 0.6) is 0 Å². The predicted octanol–water partition coefficient (Wildman–Crippen LogP) is 1.98. The summed E-state index contributed by atoms with van der Waals surface area (Å²) in [4.78, 5) is 10.7. The minimum atomic E-state index is -0.411. The van der Waals surface area contributed by atoms with Crippen molar-refractivity contribution in [2.45, 2.75) is 38.7 Å². The van der Waals surface area contributed by atoms with Gasteiger partial charge in [-0.05, 0) is 33.8 Å². The predicted molar refractivity (Wildman–Crippen MR) is 99.9 cm³/mol. The number of rotatable bonds is 6. The fourth-order valence-corrected chi connectivity index (χ4v) is 3.52. The van der Waals surface area contributed by atoms with Crippen molar-refractivity contribution >= 4 is 23.7 Å². The zero-order valence-corrected chi connectivity index (χ0v) is 16.4. The van der Waals surface area contributed by atoms with Gasteiger partial charge in [0, 0.05) is 7.05 Å². The minimum Gasteiger partial charge on any atom is -0.267 e. The molecule has 3 aromatic rings. The van der Waals surface area contributed by atoms with Crippen molar-refractivity contribution in [3.05, 3.63) is 44.8 Å². The summed E-state index contributed by atoms with van der Waals surface area (Å²) in [5, 5.41) is 32.8. The first-order valence-electron chi connectivity index (χ1n) is 8.06. The Morgan fingerprint density at radius 2 is 2.00 bits per heavy atom. The monoisotopic (exact) mass is 389 g/mol. The topological polar surface area (TPSA) is 122 Å². The third kappa shape index (κ3) is 3.74. The maximum absolute atomic E-state index is 11.1. The summed E-state index contributed by atoms with van der Waals surface area (Å²) in [6.45, 7) is 7.02. The molecule has 11 nitrogen and oxygen atoms in total. The molecule has 0 N–H and O–H groups in total. The summed E-state index contributed by atoms with van der Waals surface area (Å²) in [6.07, 6.45) is 1.69. The smallest absolute Gasteiger partial charge is 0.267 e. The van der Waals surface area contributed by atoms with Crippen molar-refractivity contribution in [3.8, 4) is 0 Å². The van der Waals surface area contributed by atoms with Gasteiger partial charge in [0.15, 0.2) is 5.82 Å². The second-order valence-electron chi connectivity index (χ2n) is 5.97. The van der Waals surface area contributed by atoms with Crippen molar-refractivity contribution in [2.24, 2.45) is 12.1 Å². The standard InChI is InChI=1S/C15H19N9O2S/c1-9-6-13(21(5)19-9)7-16-23-12(4)17-18-15(23)27-8-22-11(3)14(24(25)26)10(2)20-22/h6-7H,8H2,1-5H3/b16-7-. The van der Waals surface area contributed by atoms with E-state index >= 15 is 0 Å². The van der Waals surface area contributed by atoms with Gasteiger partial charge in [0.2, 0.25) is 5.16 Å². The van der Waals surface area contributed by atoms with E-state index in [4.69, 9.17) is 0 Å². The van der Waals surface area contributed by atoms with Crippen LogP contribution in [0.25, 0.3) is 0 Å². The van der Waals surface area contributed by atoms with E-state index in [1.54, 1.807) is 41.0 Å². The number of thioether (sulfide) groups is 1. The molecular formula is C15H19N9O2S. The number of nitrogens with zero attached hydrogens (tertiary/aromatic N) is 9. The molecule has 0 fully saturated rings. The Balaban J connectivity index is 1.81. The van der Waals surface area contributed by atoms with Crippen LogP contribution in [0.3, 0.4) is 0 Å². The molecule has 3 aromatic heterocycles. The molecule has 12 heteroatoms. The van der Waals surface area contributed by atoms with Crippen molar-refractivity contribution < 1.29 is 4.92 Å². The Morgan fingerprint density at radius 1 is 1.26 bits per heavy atom. The lowest BCUT2D eigenvalue weighted by Gasteiger charge is -2.04. The minimum absolute atomic E-state index is 0.0397. The van der Waals surface area contributed by atoms with E-state index in [1.807, 2.05) is 20.0 Å². The van der Waals surface area contributed by atoms with Crippen LogP contribution in [-0.2, 0) is 12.9 Å². The summed E-state index contributed by atoms with van der Waals surface area (Å²) in [5.74, 6) is 0.992. The Morgan fingerprint density at radius 3 is 2.59 bits per heavy atom. The van der Waals surface area contributed by atoms with Crippen LogP contribution < -0.4 is 0 Å². The van der Waals surface area contributed by atoms with Crippen LogP contribution >= 0.6 is 11.8 Å². The van der Waals surface area contributed by atoms with Crippen molar-refractivity contribution in [1.82, 2.24) is 34.4 Å². The fourth-order valence-electron chi connectivity index (χ4n) is 2.63. The van der Waals surface area contributed by atoms with Crippen LogP contribution in [0.1, 0.15) is 28.6 Å². The van der Waals surface area contributed by atoms with Crippen LogP contribution in [-0.4, -0.2) is 45.6 Å². The van der Waals surface area contributed by atoms with Gasteiger partial charge >= 0.3 is 5.69 Å². The molecule has 0 saturated heterocycles. The Kier molecular flexibility index (Phi) is 5.08. The number of aromatic nitrogens is 7. The maximum Gasteiger partial charge on any atom is 0.312 e. The lowest BCUT2D eigenvalue weighted by molar-refractivity contribution is -0.386. The molecule has 0 spiro atoms. The quantitative estimate of drug-likeness (QED) is 0.273. The zero-order valence-electron chi connectivity index (χ0n) is 15.6. The Hall–Kier alpha value is -3.02. The highest BCUT2D eigenvalue weighted by atomic mass is 32.2. The molecule has 27 heavy (non-hydrogen) atoms. The molecule has 3 rings (SSSR count). The molecule has 142 valence electrons. The largest absolute Gasteiger partial charge is 0.312 e. The van der Waals surface area contributed by atoms with Gasteiger partial charge < -0.3 is 0 Å². The van der Waals surface area contributed by atoms with Gasteiger partial charge in [-0.3, -0.25) is 19.5 Å². The fraction of sp³-hybridized carbons (Fsp3) is 0.400. The van der Waals surface area contributed by atoms with E-state index in [0.717, 1.165) is 11.4 Å². The van der Waals surface area contributed by atoms with Gasteiger partial charge in [0.1, 0.15) is 11.4 Å². The first-order chi connectivity index (χ1) is 12.8. The van der Waals surface area contributed by atoms with Crippen LogP contribution in [0, 0.1) is 37.8 Å². The number of hydrogen-bond acceptors (Lipinski definition) is 8. The molecule has 0 aliphatic heterocycles. The van der Waals surface area contributed by atoms with E-state index < -0.39 is 4.92 Å². The lowest BCUT2D eigenvalue weighted by atomic mass is 10.3. The normalized spacial score (nSPS) is 11.6. The third-order valence-electron chi connectivity index (χ3n) is 3.95. The molecular weight excluding hydrogens is 370 g/mol. The summed E-state index contributed by atoms with van der Waals surface area (Å²) >= 11 is 1.34. The zero-order chi connectivity index (χ0) is 19.7. The first-order valence-corrected chi connectivity index (χ1v) is 9.04. The number of hydrogen-bond donors (Lipinski definition) is 0. The Bertz CT molecular complexity index is 1030. The van der Waals surface area contributed by atoms with Crippen LogP contribution in [0.2, 0.25) is 0 Å². The van der Waals surface area contributed by atoms with Crippen LogP contribution in [0.4, 0.5) is 5.69 Å². The van der Waals surface area contributed by atoms with Gasteiger partial charge in [-0.1, -0.05) is 11.8 Å². The number of nitro groups is 1. The highest BCUT2D eigenvalue weighted by molar-refractivity contribution is 7.98. The average molecular weight is 389 g/mol. The van der Waals surface area contributed by atoms with E-state index in [9.17, 15) is 10.1 Å². The molecule has 0 aliphatic carbocycles. The first kappa shape index (κ1) is 18.8. The lowest BCUT2D eigenvalue weighted by Crippen LogP contribution is -2.03. The summed E-state index contributed by atoms with van der Waals surface area (Å²) in [6, 6.07) is 1.92. The Labute approximate surface area is 159 Å². The molecule has 3 heterocycles. The molecule has 0 aromatic carbocycles. The summed E-state index contributed by atoms with van der Waals surface area (Å²) < 4.78 is 4.94. The second kappa shape index (κ2) is 7.31. The molecule has 0 atom stereocenters. The van der Waals surface area contributed by atoms with Crippen LogP contribution in [0.15, 0.2) is 16.3 Å². The molecule has 0 amide bonds. The third-order valence-corrected chi connectivity index (χ3v) is 4.84. The van der Waals surface area contributed by atoms with Gasteiger partial charge in [0.05, 0.1) is 28.4 Å². The van der Waals surface area contributed by atoms with E-state index in [1.165, 1.54) is 11.8 Å². The van der Waals surface area contributed by atoms with E-state index in [2.05, 4.69) is 25.5 Å². The summed E-state index contributed by atoms with van der Waals surface area (Å²) in [5.41, 5.74) is 2.69. The van der Waals surface area contributed by atoms with Gasteiger partial charge in [-0.15, -0.1) is 10.2 Å². The number of aryl methyl sites for hydroxylation is 4. The van der Waals surface area contributed by atoms with E-state index in [0.29, 0.717) is 28.2 Å². The van der Waals surface area contributed by atoms with E-state index in [-0.39, 0.29) is 5.69 Å². The van der Waals surface area contributed by atoms with Crippen molar-refractivity contribution in [1.29, 1.82) is 0 Å². The highest BCUT2D eigenvalue weighted by Crippen LogP contribution is 2.25. The SMILES string of the molecule is Cc1cc(/C=N\n2c(C)nnc2SCn2nc(C)c([N+](=O)[O-])c2C)n(C)n1. The highest BCUT2D eigenvalue weighted by Gasteiger charge is 2.22. The van der Waals surface area contributed by atoms with Gasteiger partial charge in [-0.25, -0.2) is 0 Å². The molecule has 0 radical (unpaired) electrons. The maximum atomic E-state index is 11.1. The summed E-state index contributed by atoms with van der Waals surface area (Å²) in [7, 11) is 1.85. The molecule has 0 aliphatic rings. The second-order valence-corrected chi connectivity index (χ2v) is 6.88. The van der Waals surface area contributed by atoms with Crippen molar-refractivity contribution in [2.75, 3.05) is 0 Å². The van der Waals surface area contributed by atoms with Gasteiger partial charge in [-0.2, -0.15) is 20.0 Å². The van der Waals surface area contributed by atoms with Gasteiger partial charge in [0.25, 0.3) is 0 Å². The molecule has 0 saturated carbocycles. The molecule has 0 bridgehead atoms. The average Bonchev–Trinajstić information content (AvgIpc) is 3.19. The van der Waals surface area contributed by atoms with Crippen molar-refractivity contribution in [3.63, 3.8) is 0 Å².